The summed E-state index contributed by atoms with van der Waals surface area (Å²) in [6.07, 6.45) is 1.78. The SMILES string of the molecule is Nc1cc(Cl)ccc1Nc1cccc2ncccc12. The van der Waals surface area contributed by atoms with Gasteiger partial charge in [0.05, 0.1) is 16.9 Å². The van der Waals surface area contributed by atoms with Crippen LogP contribution in [0.5, 0.6) is 0 Å². The molecular formula is C15H12ClN3. The van der Waals surface area contributed by atoms with Crippen LogP contribution >= 0.6 is 11.6 Å². The molecule has 0 atom stereocenters. The number of halogens is 1. The van der Waals surface area contributed by atoms with E-state index in [2.05, 4.69) is 10.3 Å². The maximum Gasteiger partial charge on any atom is 0.0722 e. The molecule has 0 aliphatic rings. The Hall–Kier alpha value is -2.26. The van der Waals surface area contributed by atoms with Gasteiger partial charge in [-0.3, -0.25) is 4.98 Å². The van der Waals surface area contributed by atoms with E-state index in [1.54, 1.807) is 12.3 Å². The molecule has 0 aliphatic carbocycles. The third-order valence-electron chi connectivity index (χ3n) is 2.93. The number of hydrogen-bond donors (Lipinski definition) is 2. The Balaban J connectivity index is 2.06. The molecule has 3 N–H and O–H groups in total. The highest BCUT2D eigenvalue weighted by Crippen LogP contribution is 2.29. The first-order valence-corrected chi connectivity index (χ1v) is 6.27. The fraction of sp³-hybridized carbons (Fsp3) is 0. The molecular weight excluding hydrogens is 258 g/mol. The molecule has 0 aliphatic heterocycles. The molecule has 0 bridgehead atoms. The van der Waals surface area contributed by atoms with Gasteiger partial charge in [0, 0.05) is 22.3 Å². The maximum absolute atomic E-state index is 5.95. The summed E-state index contributed by atoms with van der Waals surface area (Å²) < 4.78 is 0. The lowest BCUT2D eigenvalue weighted by atomic mass is 10.1. The summed E-state index contributed by atoms with van der Waals surface area (Å²) in [6.45, 7) is 0. The highest BCUT2D eigenvalue weighted by Gasteiger charge is 2.04. The number of fused-ring (bicyclic) bond motifs is 1. The largest absolute Gasteiger partial charge is 0.397 e. The van der Waals surface area contributed by atoms with Crippen molar-refractivity contribution in [1.82, 2.24) is 4.98 Å². The summed E-state index contributed by atoms with van der Waals surface area (Å²) in [5.41, 5.74) is 9.32. The van der Waals surface area contributed by atoms with Gasteiger partial charge in [-0.25, -0.2) is 0 Å². The monoisotopic (exact) mass is 269 g/mol. The highest BCUT2D eigenvalue weighted by molar-refractivity contribution is 6.31. The van der Waals surface area contributed by atoms with E-state index in [0.29, 0.717) is 10.7 Å². The Morgan fingerprint density at radius 2 is 1.89 bits per heavy atom. The lowest BCUT2D eigenvalue weighted by molar-refractivity contribution is 1.41. The lowest BCUT2D eigenvalue weighted by Gasteiger charge is -2.11. The minimum absolute atomic E-state index is 0.619. The lowest BCUT2D eigenvalue weighted by Crippen LogP contribution is -1.97. The molecule has 94 valence electrons. The number of nitrogens with two attached hydrogens (primary N) is 1. The molecule has 0 spiro atoms. The standard InChI is InChI=1S/C15H12ClN3/c16-10-6-7-15(12(17)9-10)19-14-5-1-4-13-11(14)3-2-8-18-13/h1-9,19H,17H2. The molecule has 0 fully saturated rings. The molecule has 0 saturated heterocycles. The fourth-order valence-corrected chi connectivity index (χ4v) is 2.19. The van der Waals surface area contributed by atoms with Gasteiger partial charge in [-0.05, 0) is 42.5 Å². The first-order chi connectivity index (χ1) is 9.24. The normalized spacial score (nSPS) is 10.6. The van der Waals surface area contributed by atoms with E-state index in [1.165, 1.54) is 0 Å². The van der Waals surface area contributed by atoms with E-state index in [-0.39, 0.29) is 0 Å². The minimum atomic E-state index is 0.619. The number of nitrogen functional groups attached to an aromatic ring is 1. The molecule has 0 radical (unpaired) electrons. The van der Waals surface area contributed by atoms with Gasteiger partial charge < -0.3 is 11.1 Å². The van der Waals surface area contributed by atoms with Gasteiger partial charge in [0.2, 0.25) is 0 Å². The van der Waals surface area contributed by atoms with Crippen molar-refractivity contribution in [2.24, 2.45) is 0 Å². The second-order valence-corrected chi connectivity index (χ2v) is 4.67. The zero-order valence-corrected chi connectivity index (χ0v) is 10.9. The van der Waals surface area contributed by atoms with Crippen molar-refractivity contribution >= 4 is 39.6 Å². The van der Waals surface area contributed by atoms with Crippen molar-refractivity contribution in [2.45, 2.75) is 0 Å². The highest BCUT2D eigenvalue weighted by atomic mass is 35.5. The number of hydrogen-bond acceptors (Lipinski definition) is 3. The van der Waals surface area contributed by atoms with Crippen LogP contribution in [0.4, 0.5) is 17.1 Å². The molecule has 3 aromatic rings. The Labute approximate surface area is 116 Å². The van der Waals surface area contributed by atoms with E-state index < -0.39 is 0 Å². The van der Waals surface area contributed by atoms with Crippen LogP contribution < -0.4 is 11.1 Å². The van der Waals surface area contributed by atoms with Gasteiger partial charge >= 0.3 is 0 Å². The van der Waals surface area contributed by atoms with Crippen molar-refractivity contribution in [3.05, 3.63) is 59.8 Å². The molecule has 1 aromatic heterocycles. The summed E-state index contributed by atoms with van der Waals surface area (Å²) in [4.78, 5) is 4.33. The third kappa shape index (κ3) is 2.33. The van der Waals surface area contributed by atoms with E-state index in [1.807, 2.05) is 42.5 Å². The zero-order valence-electron chi connectivity index (χ0n) is 10.1. The molecule has 3 rings (SSSR count). The Kier molecular flexibility index (Phi) is 2.97. The van der Waals surface area contributed by atoms with Crippen LogP contribution in [-0.4, -0.2) is 4.98 Å². The van der Waals surface area contributed by atoms with Gasteiger partial charge in [0.1, 0.15) is 0 Å². The Morgan fingerprint density at radius 1 is 1.00 bits per heavy atom. The predicted octanol–water partition coefficient (Wildman–Crippen LogP) is 4.21. The number of rotatable bonds is 2. The summed E-state index contributed by atoms with van der Waals surface area (Å²) in [6, 6.07) is 15.3. The first-order valence-electron chi connectivity index (χ1n) is 5.90. The van der Waals surface area contributed by atoms with Gasteiger partial charge in [-0.2, -0.15) is 0 Å². The van der Waals surface area contributed by atoms with Crippen molar-refractivity contribution in [1.29, 1.82) is 0 Å². The van der Waals surface area contributed by atoms with Crippen LogP contribution in [0.2, 0.25) is 5.02 Å². The third-order valence-corrected chi connectivity index (χ3v) is 3.16. The number of nitrogens with one attached hydrogen (secondary N) is 1. The van der Waals surface area contributed by atoms with Crippen LogP contribution in [0.3, 0.4) is 0 Å². The molecule has 0 amide bonds. The van der Waals surface area contributed by atoms with Gasteiger partial charge in [0.15, 0.2) is 0 Å². The van der Waals surface area contributed by atoms with Crippen LogP contribution in [-0.2, 0) is 0 Å². The van der Waals surface area contributed by atoms with Crippen molar-refractivity contribution in [2.75, 3.05) is 11.1 Å². The van der Waals surface area contributed by atoms with E-state index in [0.717, 1.165) is 22.3 Å². The Morgan fingerprint density at radius 3 is 2.74 bits per heavy atom. The second-order valence-electron chi connectivity index (χ2n) is 4.23. The molecule has 4 heteroatoms. The van der Waals surface area contributed by atoms with Crippen molar-refractivity contribution in [3.8, 4) is 0 Å². The van der Waals surface area contributed by atoms with E-state index >= 15 is 0 Å². The minimum Gasteiger partial charge on any atom is -0.397 e. The second kappa shape index (κ2) is 4.78. The summed E-state index contributed by atoms with van der Waals surface area (Å²) >= 11 is 5.90. The number of benzene rings is 2. The van der Waals surface area contributed by atoms with E-state index in [9.17, 15) is 0 Å². The zero-order chi connectivity index (χ0) is 13.2. The quantitative estimate of drug-likeness (QED) is 0.685. The fourth-order valence-electron chi connectivity index (χ4n) is 2.00. The summed E-state index contributed by atoms with van der Waals surface area (Å²) in [5.74, 6) is 0. The van der Waals surface area contributed by atoms with Crippen LogP contribution in [0.15, 0.2) is 54.7 Å². The number of nitrogens with zero attached hydrogens (tertiary/aromatic N) is 1. The smallest absolute Gasteiger partial charge is 0.0722 e. The summed E-state index contributed by atoms with van der Waals surface area (Å²) in [5, 5.41) is 5.00. The average molecular weight is 270 g/mol. The van der Waals surface area contributed by atoms with Gasteiger partial charge in [-0.1, -0.05) is 17.7 Å². The average Bonchev–Trinajstić information content (AvgIpc) is 2.42. The van der Waals surface area contributed by atoms with Gasteiger partial charge in [0.25, 0.3) is 0 Å². The van der Waals surface area contributed by atoms with Crippen LogP contribution in [0.25, 0.3) is 10.9 Å². The topological polar surface area (TPSA) is 50.9 Å². The van der Waals surface area contributed by atoms with Gasteiger partial charge in [-0.15, -0.1) is 0 Å². The first kappa shape index (κ1) is 11.8. The molecule has 0 unspecified atom stereocenters. The predicted molar refractivity (Wildman–Crippen MR) is 80.9 cm³/mol. The number of pyridine rings is 1. The molecule has 19 heavy (non-hydrogen) atoms. The maximum atomic E-state index is 5.95. The number of anilines is 3. The van der Waals surface area contributed by atoms with Crippen molar-refractivity contribution < 1.29 is 0 Å². The summed E-state index contributed by atoms with van der Waals surface area (Å²) in [7, 11) is 0. The van der Waals surface area contributed by atoms with Crippen LogP contribution in [0, 0.1) is 0 Å². The van der Waals surface area contributed by atoms with Crippen molar-refractivity contribution in [3.63, 3.8) is 0 Å². The molecule has 2 aromatic carbocycles. The van der Waals surface area contributed by atoms with E-state index in [4.69, 9.17) is 17.3 Å². The molecule has 3 nitrogen and oxygen atoms in total. The van der Waals surface area contributed by atoms with Crippen LogP contribution in [0.1, 0.15) is 0 Å². The molecule has 0 saturated carbocycles. The Bertz CT molecular complexity index is 735. The number of aromatic nitrogens is 1. The molecule has 1 heterocycles.